The molecule has 5 heteroatoms. The molecule has 3 aromatic rings. The molecule has 1 heterocycles. The van der Waals surface area contributed by atoms with Crippen molar-refractivity contribution in [2.75, 3.05) is 25.5 Å². The number of aromatic amines is 1. The average molecular weight is 372 g/mol. The van der Waals surface area contributed by atoms with Gasteiger partial charge in [0.05, 0.1) is 11.9 Å². The molecule has 0 spiro atoms. The zero-order valence-corrected chi connectivity index (χ0v) is 16.2. The molecule has 0 aliphatic carbocycles. The van der Waals surface area contributed by atoms with E-state index in [1.807, 2.05) is 73.7 Å². The second-order valence-electron chi connectivity index (χ2n) is 6.71. The van der Waals surface area contributed by atoms with E-state index in [2.05, 4.69) is 27.4 Å². The zero-order valence-electron chi connectivity index (χ0n) is 16.2. The van der Waals surface area contributed by atoms with E-state index in [1.165, 1.54) is 0 Å². The first-order valence-corrected chi connectivity index (χ1v) is 9.28. The molecule has 0 atom stereocenters. The number of H-pyrrole nitrogens is 1. The maximum absolute atomic E-state index is 12.5. The Bertz CT molecular complexity index is 967. The van der Waals surface area contributed by atoms with Gasteiger partial charge in [-0.2, -0.15) is 5.10 Å². The Kier molecular flexibility index (Phi) is 6.48. The highest BCUT2D eigenvalue weighted by Crippen LogP contribution is 2.19. The summed E-state index contributed by atoms with van der Waals surface area (Å²) in [4.78, 5) is 14.5. The minimum Gasteiger partial charge on any atom is -0.377 e. The number of aryl methyl sites for hydroxylation is 1. The van der Waals surface area contributed by atoms with Gasteiger partial charge < -0.3 is 10.2 Å². The topological polar surface area (TPSA) is 61.0 Å². The van der Waals surface area contributed by atoms with E-state index < -0.39 is 0 Å². The Hall–Kier alpha value is -3.52. The standard InChI is InChI=1S/C23H24N4O/c1-27(2)22-13-12-21(15-20(22)11-10-18-7-4-3-5-8-18)23(28)24-14-6-9-19-16-25-26-17-19/h3-5,7-8,12-13,15-17H,6,9,14H2,1-2H3,(H,24,28)(H,25,26). The predicted octanol–water partition coefficient (Wildman–Crippen LogP) is 3.24. The first-order chi connectivity index (χ1) is 13.6. The van der Waals surface area contributed by atoms with Crippen LogP contribution in [0.3, 0.4) is 0 Å². The van der Waals surface area contributed by atoms with Crippen LogP contribution >= 0.6 is 0 Å². The van der Waals surface area contributed by atoms with Crippen LogP contribution in [0.5, 0.6) is 0 Å². The molecular formula is C23H24N4O. The number of amides is 1. The van der Waals surface area contributed by atoms with E-state index in [0.29, 0.717) is 12.1 Å². The summed E-state index contributed by atoms with van der Waals surface area (Å²) in [6.45, 7) is 0.616. The first-order valence-electron chi connectivity index (χ1n) is 9.28. The van der Waals surface area contributed by atoms with Gasteiger partial charge in [0.1, 0.15) is 0 Å². The summed E-state index contributed by atoms with van der Waals surface area (Å²) in [5, 5.41) is 9.70. The van der Waals surface area contributed by atoms with Crippen molar-refractivity contribution in [1.82, 2.24) is 15.5 Å². The maximum atomic E-state index is 12.5. The van der Waals surface area contributed by atoms with E-state index in [1.54, 1.807) is 6.20 Å². The molecule has 1 amide bonds. The molecule has 1 aromatic heterocycles. The molecule has 0 aliphatic rings. The summed E-state index contributed by atoms with van der Waals surface area (Å²) in [6, 6.07) is 15.5. The molecule has 0 radical (unpaired) electrons. The van der Waals surface area contributed by atoms with Gasteiger partial charge in [-0.05, 0) is 48.7 Å². The molecular weight excluding hydrogens is 348 g/mol. The number of aromatic nitrogens is 2. The molecule has 0 saturated carbocycles. The largest absolute Gasteiger partial charge is 0.377 e. The van der Waals surface area contributed by atoms with Crippen molar-refractivity contribution in [2.24, 2.45) is 0 Å². The lowest BCUT2D eigenvalue weighted by Crippen LogP contribution is -2.25. The third-order valence-electron chi connectivity index (χ3n) is 4.34. The Morgan fingerprint density at radius 2 is 1.96 bits per heavy atom. The van der Waals surface area contributed by atoms with Crippen LogP contribution in [-0.4, -0.2) is 36.7 Å². The highest BCUT2D eigenvalue weighted by molar-refractivity contribution is 5.95. The Morgan fingerprint density at radius 3 is 2.68 bits per heavy atom. The van der Waals surface area contributed by atoms with Crippen molar-refractivity contribution in [2.45, 2.75) is 12.8 Å². The number of benzene rings is 2. The summed E-state index contributed by atoms with van der Waals surface area (Å²) in [5.74, 6) is 6.30. The zero-order chi connectivity index (χ0) is 19.8. The average Bonchev–Trinajstić information content (AvgIpc) is 3.23. The van der Waals surface area contributed by atoms with Crippen LogP contribution in [0.2, 0.25) is 0 Å². The monoisotopic (exact) mass is 372 g/mol. The minimum atomic E-state index is -0.0831. The van der Waals surface area contributed by atoms with Gasteiger partial charge in [-0.1, -0.05) is 30.0 Å². The number of nitrogens with zero attached hydrogens (tertiary/aromatic N) is 2. The lowest BCUT2D eigenvalue weighted by atomic mass is 10.1. The summed E-state index contributed by atoms with van der Waals surface area (Å²) >= 11 is 0. The van der Waals surface area contributed by atoms with Crippen LogP contribution in [0.25, 0.3) is 0 Å². The highest BCUT2D eigenvalue weighted by Gasteiger charge is 2.10. The molecule has 0 fully saturated rings. The van der Waals surface area contributed by atoms with E-state index in [-0.39, 0.29) is 5.91 Å². The predicted molar refractivity (Wildman–Crippen MR) is 112 cm³/mol. The van der Waals surface area contributed by atoms with Crippen molar-refractivity contribution in [3.63, 3.8) is 0 Å². The third-order valence-corrected chi connectivity index (χ3v) is 4.34. The van der Waals surface area contributed by atoms with Crippen molar-refractivity contribution in [3.8, 4) is 11.8 Å². The number of nitrogens with one attached hydrogen (secondary N) is 2. The van der Waals surface area contributed by atoms with Gasteiger partial charge in [-0.15, -0.1) is 0 Å². The van der Waals surface area contributed by atoms with Gasteiger partial charge in [-0.25, -0.2) is 0 Å². The second kappa shape index (κ2) is 9.43. The van der Waals surface area contributed by atoms with E-state index in [9.17, 15) is 4.79 Å². The fourth-order valence-electron chi connectivity index (χ4n) is 2.84. The molecule has 2 N–H and O–H groups in total. The number of rotatable bonds is 6. The molecule has 0 bridgehead atoms. The molecule has 0 saturated heterocycles. The number of hydrogen-bond donors (Lipinski definition) is 2. The fourth-order valence-corrected chi connectivity index (χ4v) is 2.84. The van der Waals surface area contributed by atoms with Gasteiger partial charge in [0.25, 0.3) is 5.91 Å². The number of anilines is 1. The Balaban J connectivity index is 1.69. The van der Waals surface area contributed by atoms with Crippen LogP contribution in [0.4, 0.5) is 5.69 Å². The van der Waals surface area contributed by atoms with Crippen LogP contribution in [0.1, 0.15) is 33.5 Å². The van der Waals surface area contributed by atoms with Crippen molar-refractivity contribution in [1.29, 1.82) is 0 Å². The van der Waals surface area contributed by atoms with Crippen LogP contribution < -0.4 is 10.2 Å². The van der Waals surface area contributed by atoms with Gasteiger partial charge in [0, 0.05) is 43.5 Å². The summed E-state index contributed by atoms with van der Waals surface area (Å²) in [5.41, 5.74) is 4.52. The number of hydrogen-bond acceptors (Lipinski definition) is 3. The number of carbonyl (C=O) groups is 1. The normalized spacial score (nSPS) is 10.1. The Morgan fingerprint density at radius 1 is 1.14 bits per heavy atom. The Labute approximate surface area is 165 Å². The molecule has 2 aromatic carbocycles. The van der Waals surface area contributed by atoms with Gasteiger partial charge >= 0.3 is 0 Å². The minimum absolute atomic E-state index is 0.0831. The molecule has 3 rings (SSSR count). The second-order valence-corrected chi connectivity index (χ2v) is 6.71. The van der Waals surface area contributed by atoms with E-state index >= 15 is 0 Å². The van der Waals surface area contributed by atoms with Gasteiger partial charge in [-0.3, -0.25) is 9.89 Å². The highest BCUT2D eigenvalue weighted by atomic mass is 16.1. The molecule has 5 nitrogen and oxygen atoms in total. The van der Waals surface area contributed by atoms with Crippen LogP contribution in [-0.2, 0) is 6.42 Å². The van der Waals surface area contributed by atoms with Crippen molar-refractivity contribution in [3.05, 3.63) is 83.2 Å². The third kappa shape index (κ3) is 5.24. The maximum Gasteiger partial charge on any atom is 0.251 e. The van der Waals surface area contributed by atoms with E-state index in [0.717, 1.165) is 35.2 Å². The fraction of sp³-hybridized carbons (Fsp3) is 0.217. The lowest BCUT2D eigenvalue weighted by Gasteiger charge is -2.15. The van der Waals surface area contributed by atoms with Gasteiger partial charge in [0.2, 0.25) is 0 Å². The lowest BCUT2D eigenvalue weighted by molar-refractivity contribution is 0.0953. The molecule has 28 heavy (non-hydrogen) atoms. The molecule has 142 valence electrons. The van der Waals surface area contributed by atoms with Crippen molar-refractivity contribution < 1.29 is 4.79 Å². The van der Waals surface area contributed by atoms with Crippen LogP contribution in [0, 0.1) is 11.8 Å². The summed E-state index contributed by atoms with van der Waals surface area (Å²) in [6.07, 6.45) is 5.42. The molecule has 0 unspecified atom stereocenters. The SMILES string of the molecule is CN(C)c1ccc(C(=O)NCCCc2cn[nH]c2)cc1C#Cc1ccccc1. The summed E-state index contributed by atoms with van der Waals surface area (Å²) < 4.78 is 0. The summed E-state index contributed by atoms with van der Waals surface area (Å²) in [7, 11) is 3.94. The van der Waals surface area contributed by atoms with Gasteiger partial charge in [0.15, 0.2) is 0 Å². The quantitative estimate of drug-likeness (QED) is 0.516. The number of carbonyl (C=O) groups excluding carboxylic acids is 1. The van der Waals surface area contributed by atoms with Crippen LogP contribution in [0.15, 0.2) is 60.9 Å². The first kappa shape index (κ1) is 19.2. The van der Waals surface area contributed by atoms with Crippen molar-refractivity contribution >= 4 is 11.6 Å². The van der Waals surface area contributed by atoms with E-state index in [4.69, 9.17) is 0 Å². The smallest absolute Gasteiger partial charge is 0.251 e. The molecule has 0 aliphatic heterocycles.